The maximum Gasteiger partial charge on any atom is 0.269 e. The van der Waals surface area contributed by atoms with Crippen LogP contribution in [0.25, 0.3) is 0 Å². The number of amides is 1. The van der Waals surface area contributed by atoms with Crippen molar-refractivity contribution in [2.75, 3.05) is 11.4 Å². The van der Waals surface area contributed by atoms with Crippen LogP contribution in [0.15, 0.2) is 36.7 Å². The number of carbonyl (C=O) groups excluding carboxylic acids is 1. The average Bonchev–Trinajstić information content (AvgIpc) is 3.03. The second kappa shape index (κ2) is 7.02. The number of aromatic nitrogens is 2. The molecule has 1 saturated heterocycles. The third kappa shape index (κ3) is 3.69. The molecule has 1 aromatic carbocycles. The summed E-state index contributed by atoms with van der Waals surface area (Å²) in [6, 6.07) is 6.02. The largest absolute Gasteiger partial charge is 0.308 e. The third-order valence-electron chi connectivity index (χ3n) is 4.47. The number of rotatable bonds is 5. The number of nitrogens with one attached hydrogen (secondary N) is 1. The Bertz CT molecular complexity index is 788. The van der Waals surface area contributed by atoms with E-state index in [0.717, 1.165) is 24.1 Å². The van der Waals surface area contributed by atoms with Crippen molar-refractivity contribution >= 4 is 17.3 Å². The summed E-state index contributed by atoms with van der Waals surface area (Å²) in [6.45, 7) is 2.59. The Balaban J connectivity index is 1.72. The number of nitro groups is 1. The normalized spacial score (nSPS) is 19.0. The van der Waals surface area contributed by atoms with Gasteiger partial charge in [-0.3, -0.25) is 24.9 Å². The number of piperidine rings is 1. The van der Waals surface area contributed by atoms with E-state index in [4.69, 9.17) is 0 Å². The molecule has 2 aromatic rings. The van der Waals surface area contributed by atoms with Crippen molar-refractivity contribution < 1.29 is 9.72 Å². The zero-order valence-corrected chi connectivity index (χ0v) is 14.3. The molecule has 2 heterocycles. The molecule has 8 nitrogen and oxygen atoms in total. The van der Waals surface area contributed by atoms with Crippen LogP contribution < -0.4 is 10.2 Å². The van der Waals surface area contributed by atoms with Crippen LogP contribution in [0, 0.1) is 10.1 Å². The number of hydrogen-bond donors (Lipinski definition) is 1. The lowest BCUT2D eigenvalue weighted by molar-refractivity contribution is -0.384. The summed E-state index contributed by atoms with van der Waals surface area (Å²) >= 11 is 0. The number of carbonyl (C=O) groups is 1. The molecule has 1 fully saturated rings. The van der Waals surface area contributed by atoms with Gasteiger partial charge in [-0.2, -0.15) is 5.10 Å². The first-order chi connectivity index (χ1) is 12.0. The number of nitro benzene ring substituents is 1. The first kappa shape index (κ1) is 17.1. The van der Waals surface area contributed by atoms with E-state index in [0.29, 0.717) is 6.54 Å². The number of nitrogens with zero attached hydrogens (tertiary/aromatic N) is 4. The van der Waals surface area contributed by atoms with E-state index in [9.17, 15) is 14.9 Å². The fourth-order valence-corrected chi connectivity index (χ4v) is 3.14. The van der Waals surface area contributed by atoms with Gasteiger partial charge in [0.1, 0.15) is 0 Å². The molecule has 1 aliphatic heterocycles. The summed E-state index contributed by atoms with van der Waals surface area (Å²) in [5.41, 5.74) is 1.64. The van der Waals surface area contributed by atoms with Gasteiger partial charge in [0.2, 0.25) is 5.91 Å². The maximum absolute atomic E-state index is 12.8. The molecule has 0 unspecified atom stereocenters. The SMILES string of the molecule is C[C@H](N[C@H]1CCCN(c2cnn(C)c2)C1=O)c1cccc([N+](=O)[O-])c1. The Morgan fingerprint density at radius 2 is 2.24 bits per heavy atom. The number of anilines is 1. The highest BCUT2D eigenvalue weighted by molar-refractivity contribution is 5.97. The van der Waals surface area contributed by atoms with E-state index >= 15 is 0 Å². The second-order valence-electron chi connectivity index (χ2n) is 6.30. The van der Waals surface area contributed by atoms with Crippen molar-refractivity contribution in [3.63, 3.8) is 0 Å². The Hall–Kier alpha value is -2.74. The van der Waals surface area contributed by atoms with E-state index in [1.807, 2.05) is 26.2 Å². The monoisotopic (exact) mass is 343 g/mol. The van der Waals surface area contributed by atoms with Gasteiger partial charge in [-0.25, -0.2) is 0 Å². The van der Waals surface area contributed by atoms with E-state index in [-0.39, 0.29) is 23.7 Å². The molecular weight excluding hydrogens is 322 g/mol. The fourth-order valence-electron chi connectivity index (χ4n) is 3.14. The molecule has 0 spiro atoms. The molecule has 1 aromatic heterocycles. The van der Waals surface area contributed by atoms with Crippen LogP contribution in [0.4, 0.5) is 11.4 Å². The number of non-ortho nitro benzene ring substituents is 1. The zero-order chi connectivity index (χ0) is 18.0. The van der Waals surface area contributed by atoms with Gasteiger partial charge < -0.3 is 4.90 Å². The summed E-state index contributed by atoms with van der Waals surface area (Å²) in [6.07, 6.45) is 5.14. The lowest BCUT2D eigenvalue weighted by atomic mass is 10.0. The topological polar surface area (TPSA) is 93.3 Å². The van der Waals surface area contributed by atoms with Crippen LogP contribution in [0.1, 0.15) is 31.4 Å². The van der Waals surface area contributed by atoms with Gasteiger partial charge in [-0.05, 0) is 25.3 Å². The fraction of sp³-hybridized carbons (Fsp3) is 0.412. The Kier molecular flexibility index (Phi) is 4.80. The number of aryl methyl sites for hydroxylation is 1. The predicted octanol–water partition coefficient (Wildman–Crippen LogP) is 2.17. The van der Waals surface area contributed by atoms with Gasteiger partial charge in [0.05, 0.1) is 22.8 Å². The maximum atomic E-state index is 12.8. The molecule has 25 heavy (non-hydrogen) atoms. The van der Waals surface area contributed by atoms with Crippen LogP contribution in [0.5, 0.6) is 0 Å². The van der Waals surface area contributed by atoms with Crippen molar-refractivity contribution in [2.24, 2.45) is 7.05 Å². The minimum atomic E-state index is -0.411. The van der Waals surface area contributed by atoms with Gasteiger partial charge in [-0.1, -0.05) is 12.1 Å². The molecule has 2 atom stereocenters. The molecule has 1 N–H and O–H groups in total. The van der Waals surface area contributed by atoms with Crippen LogP contribution in [-0.4, -0.2) is 33.2 Å². The molecule has 0 aliphatic carbocycles. The highest BCUT2D eigenvalue weighted by Crippen LogP contribution is 2.24. The lowest BCUT2D eigenvalue weighted by Crippen LogP contribution is -2.51. The average molecular weight is 343 g/mol. The highest BCUT2D eigenvalue weighted by Gasteiger charge is 2.31. The number of hydrogen-bond acceptors (Lipinski definition) is 5. The standard InChI is InChI=1S/C17H21N5O3/c1-12(13-5-3-6-14(9-13)22(24)25)19-16-7-4-8-21(17(16)23)15-10-18-20(2)11-15/h3,5-6,9-12,16,19H,4,7-8H2,1-2H3/t12-,16-/m0/s1. The van der Waals surface area contributed by atoms with Crippen molar-refractivity contribution in [2.45, 2.75) is 31.8 Å². The zero-order valence-electron chi connectivity index (χ0n) is 14.3. The van der Waals surface area contributed by atoms with Gasteiger partial charge in [0.25, 0.3) is 5.69 Å². The minimum Gasteiger partial charge on any atom is -0.308 e. The second-order valence-corrected chi connectivity index (χ2v) is 6.30. The summed E-state index contributed by atoms with van der Waals surface area (Å²) < 4.78 is 1.67. The van der Waals surface area contributed by atoms with E-state index in [2.05, 4.69) is 10.4 Å². The Morgan fingerprint density at radius 1 is 1.44 bits per heavy atom. The first-order valence-corrected chi connectivity index (χ1v) is 8.26. The quantitative estimate of drug-likeness (QED) is 0.663. The molecule has 1 aliphatic rings. The van der Waals surface area contributed by atoms with Crippen LogP contribution in [-0.2, 0) is 11.8 Å². The van der Waals surface area contributed by atoms with Crippen molar-refractivity contribution in [1.82, 2.24) is 15.1 Å². The molecule has 0 saturated carbocycles. The van der Waals surface area contributed by atoms with Gasteiger partial charge in [0.15, 0.2) is 0 Å². The predicted molar refractivity (Wildman–Crippen MR) is 93.2 cm³/mol. The smallest absolute Gasteiger partial charge is 0.269 e. The molecule has 132 valence electrons. The molecule has 0 bridgehead atoms. The van der Waals surface area contributed by atoms with Gasteiger partial charge >= 0.3 is 0 Å². The van der Waals surface area contributed by atoms with Gasteiger partial charge in [0, 0.05) is 38.0 Å². The highest BCUT2D eigenvalue weighted by atomic mass is 16.6. The minimum absolute atomic E-state index is 0.0107. The van der Waals surface area contributed by atoms with E-state index in [1.165, 1.54) is 6.07 Å². The summed E-state index contributed by atoms with van der Waals surface area (Å²) in [4.78, 5) is 25.1. The van der Waals surface area contributed by atoms with Crippen molar-refractivity contribution in [1.29, 1.82) is 0 Å². The molecule has 1 amide bonds. The van der Waals surface area contributed by atoms with Crippen LogP contribution in [0.3, 0.4) is 0 Å². The summed E-state index contributed by atoms with van der Waals surface area (Å²) in [7, 11) is 1.82. The number of benzene rings is 1. The van der Waals surface area contributed by atoms with Crippen LogP contribution in [0.2, 0.25) is 0 Å². The first-order valence-electron chi connectivity index (χ1n) is 8.26. The Labute approximate surface area is 145 Å². The van der Waals surface area contributed by atoms with Crippen LogP contribution >= 0.6 is 0 Å². The van der Waals surface area contributed by atoms with Crippen molar-refractivity contribution in [3.8, 4) is 0 Å². The molecule has 0 radical (unpaired) electrons. The third-order valence-corrected chi connectivity index (χ3v) is 4.47. The lowest BCUT2D eigenvalue weighted by Gasteiger charge is -2.33. The van der Waals surface area contributed by atoms with E-state index < -0.39 is 4.92 Å². The van der Waals surface area contributed by atoms with Crippen molar-refractivity contribution in [3.05, 3.63) is 52.3 Å². The Morgan fingerprint density at radius 3 is 2.92 bits per heavy atom. The van der Waals surface area contributed by atoms with E-state index in [1.54, 1.807) is 27.9 Å². The molecular formula is C17H21N5O3. The van der Waals surface area contributed by atoms with Gasteiger partial charge in [-0.15, -0.1) is 0 Å². The summed E-state index contributed by atoms with van der Waals surface area (Å²) in [5.74, 6) is 0.0107. The summed E-state index contributed by atoms with van der Waals surface area (Å²) in [5, 5.41) is 18.4. The molecule has 3 rings (SSSR count). The molecule has 8 heteroatoms.